The first kappa shape index (κ1) is 16.0. The Bertz CT molecular complexity index is 704. The van der Waals surface area contributed by atoms with Crippen LogP contribution in [-0.2, 0) is 4.79 Å². The first-order valence-electron chi connectivity index (χ1n) is 9.02. The second-order valence-electron chi connectivity index (χ2n) is 6.72. The minimum Gasteiger partial charge on any atom is -0.353 e. The molecule has 8 heteroatoms. The van der Waals surface area contributed by atoms with Crippen molar-refractivity contribution in [2.24, 2.45) is 5.92 Å². The lowest BCUT2D eigenvalue weighted by molar-refractivity contribution is -0.136. The van der Waals surface area contributed by atoms with Crippen LogP contribution in [0.25, 0.3) is 5.82 Å². The van der Waals surface area contributed by atoms with Gasteiger partial charge in [0.15, 0.2) is 5.82 Å². The summed E-state index contributed by atoms with van der Waals surface area (Å²) in [5.41, 5.74) is 0. The average Bonchev–Trinajstić information content (AvgIpc) is 3.23. The van der Waals surface area contributed by atoms with Crippen molar-refractivity contribution in [1.29, 1.82) is 0 Å². The maximum absolute atomic E-state index is 12.7. The van der Waals surface area contributed by atoms with Crippen LogP contribution in [0.15, 0.2) is 25.0 Å². The van der Waals surface area contributed by atoms with Crippen LogP contribution in [0.4, 0.5) is 5.82 Å². The first-order valence-corrected chi connectivity index (χ1v) is 9.02. The molecule has 2 aromatic heterocycles. The van der Waals surface area contributed by atoms with E-state index >= 15 is 0 Å². The van der Waals surface area contributed by atoms with Crippen LogP contribution in [0.2, 0.25) is 0 Å². The van der Waals surface area contributed by atoms with E-state index in [0.29, 0.717) is 11.7 Å². The molecule has 0 N–H and O–H groups in total. The number of hydrogen-bond donors (Lipinski definition) is 0. The van der Waals surface area contributed by atoms with Crippen LogP contribution in [0.5, 0.6) is 0 Å². The number of carbonyl (C=O) groups is 1. The van der Waals surface area contributed by atoms with Gasteiger partial charge in [-0.05, 0) is 12.8 Å². The van der Waals surface area contributed by atoms with E-state index in [4.69, 9.17) is 0 Å². The van der Waals surface area contributed by atoms with Crippen molar-refractivity contribution < 1.29 is 4.79 Å². The molecule has 1 saturated carbocycles. The van der Waals surface area contributed by atoms with E-state index in [-0.39, 0.29) is 5.92 Å². The topological polar surface area (TPSA) is 80.0 Å². The highest BCUT2D eigenvalue weighted by atomic mass is 16.2. The summed E-state index contributed by atoms with van der Waals surface area (Å²) in [5.74, 6) is 2.16. The highest BCUT2D eigenvalue weighted by Crippen LogP contribution is 2.26. The lowest BCUT2D eigenvalue weighted by atomic mass is 9.88. The fourth-order valence-electron chi connectivity index (χ4n) is 3.73. The molecule has 132 valence electrons. The van der Waals surface area contributed by atoms with Crippen molar-refractivity contribution in [3.05, 3.63) is 25.0 Å². The Morgan fingerprint density at radius 3 is 2.44 bits per heavy atom. The molecule has 0 radical (unpaired) electrons. The Hall–Kier alpha value is -2.51. The quantitative estimate of drug-likeness (QED) is 0.837. The van der Waals surface area contributed by atoms with Crippen LogP contribution >= 0.6 is 0 Å². The van der Waals surface area contributed by atoms with Crippen LogP contribution in [0.3, 0.4) is 0 Å². The molecule has 0 bridgehead atoms. The highest BCUT2D eigenvalue weighted by Gasteiger charge is 2.28. The van der Waals surface area contributed by atoms with Gasteiger partial charge in [0.1, 0.15) is 24.8 Å². The summed E-state index contributed by atoms with van der Waals surface area (Å²) in [7, 11) is 0. The molecule has 25 heavy (non-hydrogen) atoms. The van der Waals surface area contributed by atoms with Gasteiger partial charge in [-0.25, -0.2) is 19.6 Å². The monoisotopic (exact) mass is 341 g/mol. The molecule has 2 aliphatic rings. The summed E-state index contributed by atoms with van der Waals surface area (Å²) in [6.45, 7) is 3.12. The summed E-state index contributed by atoms with van der Waals surface area (Å²) in [6, 6.07) is 1.91. The van der Waals surface area contributed by atoms with Gasteiger partial charge in [0, 0.05) is 38.2 Å². The minimum atomic E-state index is 0.248. The smallest absolute Gasteiger partial charge is 0.225 e. The van der Waals surface area contributed by atoms with Crippen molar-refractivity contribution in [3.8, 4) is 5.82 Å². The molecule has 0 spiro atoms. The molecule has 0 aromatic carbocycles. The van der Waals surface area contributed by atoms with Gasteiger partial charge in [-0.3, -0.25) is 4.79 Å². The molecule has 2 aromatic rings. The zero-order valence-corrected chi connectivity index (χ0v) is 14.3. The van der Waals surface area contributed by atoms with Crippen LogP contribution in [0.1, 0.15) is 32.1 Å². The minimum absolute atomic E-state index is 0.248. The second-order valence-corrected chi connectivity index (χ2v) is 6.72. The third-order valence-electron chi connectivity index (χ3n) is 5.16. The van der Waals surface area contributed by atoms with E-state index in [0.717, 1.165) is 44.8 Å². The lowest BCUT2D eigenvalue weighted by Gasteiger charge is -2.37. The van der Waals surface area contributed by atoms with Crippen LogP contribution in [-0.4, -0.2) is 61.7 Å². The molecular formula is C17H23N7O. The summed E-state index contributed by atoms with van der Waals surface area (Å²) >= 11 is 0. The van der Waals surface area contributed by atoms with Gasteiger partial charge in [-0.2, -0.15) is 5.10 Å². The number of rotatable bonds is 3. The van der Waals surface area contributed by atoms with Crippen molar-refractivity contribution in [3.63, 3.8) is 0 Å². The number of piperazine rings is 1. The van der Waals surface area contributed by atoms with Crippen molar-refractivity contribution in [1.82, 2.24) is 29.6 Å². The van der Waals surface area contributed by atoms with Crippen molar-refractivity contribution in [2.75, 3.05) is 31.1 Å². The normalized spacial score (nSPS) is 19.2. The third kappa shape index (κ3) is 3.47. The standard InChI is InChI=1S/C17H23N7O/c25-17(14-4-2-1-3-5-14)23-8-6-22(7-9-23)15-10-16(20-12-19-15)24-13-18-11-21-24/h10-14H,1-9H2. The Labute approximate surface area is 146 Å². The lowest BCUT2D eigenvalue weighted by Crippen LogP contribution is -2.50. The van der Waals surface area contributed by atoms with Gasteiger partial charge in [0.05, 0.1) is 0 Å². The van der Waals surface area contributed by atoms with E-state index < -0.39 is 0 Å². The largest absolute Gasteiger partial charge is 0.353 e. The van der Waals surface area contributed by atoms with E-state index in [9.17, 15) is 4.79 Å². The van der Waals surface area contributed by atoms with Crippen LogP contribution < -0.4 is 4.90 Å². The summed E-state index contributed by atoms with van der Waals surface area (Å²) < 4.78 is 1.62. The number of anilines is 1. The molecule has 0 atom stereocenters. The predicted molar refractivity (Wildman–Crippen MR) is 92.3 cm³/mol. The average molecular weight is 341 g/mol. The van der Waals surface area contributed by atoms with Gasteiger partial charge in [0.25, 0.3) is 0 Å². The third-order valence-corrected chi connectivity index (χ3v) is 5.16. The molecule has 3 heterocycles. The molecule has 2 fully saturated rings. The fourth-order valence-corrected chi connectivity index (χ4v) is 3.73. The number of hydrogen-bond acceptors (Lipinski definition) is 6. The Balaban J connectivity index is 1.38. The number of nitrogens with zero attached hydrogens (tertiary/aromatic N) is 7. The number of aromatic nitrogens is 5. The van der Waals surface area contributed by atoms with E-state index in [1.807, 2.05) is 11.0 Å². The molecular weight excluding hydrogens is 318 g/mol. The van der Waals surface area contributed by atoms with E-state index in [1.165, 1.54) is 25.6 Å². The number of carbonyl (C=O) groups excluding carboxylic acids is 1. The van der Waals surface area contributed by atoms with Gasteiger partial charge >= 0.3 is 0 Å². The maximum atomic E-state index is 12.7. The Kier molecular flexibility index (Phi) is 4.58. The first-order chi connectivity index (χ1) is 12.3. The SMILES string of the molecule is O=C(C1CCCCC1)N1CCN(c2cc(-n3cncn3)ncn2)CC1. The molecule has 0 unspecified atom stereocenters. The molecule has 1 aliphatic heterocycles. The zero-order chi connectivity index (χ0) is 17.1. The summed E-state index contributed by atoms with van der Waals surface area (Å²) in [6.07, 6.45) is 10.4. The fraction of sp³-hybridized carbons (Fsp3) is 0.588. The van der Waals surface area contributed by atoms with E-state index in [1.54, 1.807) is 17.3 Å². The van der Waals surface area contributed by atoms with E-state index in [2.05, 4.69) is 25.0 Å². The molecule has 1 aliphatic carbocycles. The molecule has 1 amide bonds. The second kappa shape index (κ2) is 7.16. The van der Waals surface area contributed by atoms with Crippen LogP contribution in [0, 0.1) is 5.92 Å². The highest BCUT2D eigenvalue weighted by molar-refractivity contribution is 5.79. The molecule has 4 rings (SSSR count). The van der Waals surface area contributed by atoms with Gasteiger partial charge < -0.3 is 9.80 Å². The van der Waals surface area contributed by atoms with Crippen molar-refractivity contribution >= 4 is 11.7 Å². The number of amides is 1. The summed E-state index contributed by atoms with van der Waals surface area (Å²) in [4.78, 5) is 29.5. The molecule has 8 nitrogen and oxygen atoms in total. The van der Waals surface area contributed by atoms with Crippen molar-refractivity contribution in [2.45, 2.75) is 32.1 Å². The Morgan fingerprint density at radius 2 is 1.72 bits per heavy atom. The van der Waals surface area contributed by atoms with Gasteiger partial charge in [-0.1, -0.05) is 19.3 Å². The van der Waals surface area contributed by atoms with Gasteiger partial charge in [-0.15, -0.1) is 0 Å². The van der Waals surface area contributed by atoms with Gasteiger partial charge in [0.2, 0.25) is 5.91 Å². The summed E-state index contributed by atoms with van der Waals surface area (Å²) in [5, 5.41) is 4.10. The molecule has 1 saturated heterocycles. The maximum Gasteiger partial charge on any atom is 0.225 e. The zero-order valence-electron chi connectivity index (χ0n) is 14.3. The predicted octanol–water partition coefficient (Wildman–Crippen LogP) is 1.29. The Morgan fingerprint density at radius 1 is 0.960 bits per heavy atom.